The highest BCUT2D eigenvalue weighted by molar-refractivity contribution is 7.94. The average Bonchev–Trinajstić information content (AvgIpc) is 3.10. The SMILES string of the molecule is COc1ccc(Oc2ccc(S(=O)(=O)c3ccc(COc4ccc(C(=O)c5ccc(C)cc5)cc4)c(SOOO)c3)cc2S(=O)(=O)O)cc1. The highest BCUT2D eigenvalue weighted by Gasteiger charge is 2.26. The predicted molar refractivity (Wildman–Crippen MR) is 177 cm³/mol. The van der Waals surface area contributed by atoms with Gasteiger partial charge in [0.05, 0.1) is 28.9 Å². The lowest BCUT2D eigenvalue weighted by molar-refractivity contribution is -0.432. The van der Waals surface area contributed by atoms with Gasteiger partial charge in [0, 0.05) is 21.6 Å². The summed E-state index contributed by atoms with van der Waals surface area (Å²) < 4.78 is 82.9. The molecule has 254 valence electrons. The summed E-state index contributed by atoms with van der Waals surface area (Å²) >= 11 is 0.500. The number of ether oxygens (including phenoxy) is 3. The second-order valence-electron chi connectivity index (χ2n) is 10.4. The molecular weight excluding hydrogens is 697 g/mol. The summed E-state index contributed by atoms with van der Waals surface area (Å²) in [6.07, 6.45) is 0. The topological polar surface area (TPSA) is 172 Å². The molecule has 0 atom stereocenters. The van der Waals surface area contributed by atoms with E-state index in [2.05, 4.69) is 9.37 Å². The summed E-state index contributed by atoms with van der Waals surface area (Å²) in [6.45, 7) is 1.86. The second kappa shape index (κ2) is 15.2. The van der Waals surface area contributed by atoms with Gasteiger partial charge in [-0.25, -0.2) is 13.7 Å². The van der Waals surface area contributed by atoms with Crippen LogP contribution in [0.2, 0.25) is 0 Å². The van der Waals surface area contributed by atoms with E-state index in [-0.39, 0.29) is 33.7 Å². The van der Waals surface area contributed by atoms with E-state index in [1.807, 2.05) is 19.1 Å². The number of aryl methyl sites for hydroxylation is 1. The molecule has 0 unspecified atom stereocenters. The molecule has 15 heteroatoms. The third-order valence-electron chi connectivity index (χ3n) is 7.12. The zero-order valence-electron chi connectivity index (χ0n) is 25.8. The first-order chi connectivity index (χ1) is 23.4. The van der Waals surface area contributed by atoms with Gasteiger partial charge in [-0.05, 0) is 85.8 Å². The zero-order chi connectivity index (χ0) is 35.2. The van der Waals surface area contributed by atoms with Crippen molar-refractivity contribution in [3.8, 4) is 23.0 Å². The maximum Gasteiger partial charge on any atom is 0.298 e. The minimum absolute atomic E-state index is 0.0764. The lowest BCUT2D eigenvalue weighted by Gasteiger charge is -2.14. The first-order valence-electron chi connectivity index (χ1n) is 14.2. The van der Waals surface area contributed by atoms with Crippen LogP contribution in [0, 0.1) is 6.92 Å². The highest BCUT2D eigenvalue weighted by atomic mass is 32.2. The maximum atomic E-state index is 13.7. The first kappa shape index (κ1) is 35.6. The molecule has 0 spiro atoms. The molecule has 0 amide bonds. The fourth-order valence-electron chi connectivity index (χ4n) is 4.53. The number of ketones is 1. The summed E-state index contributed by atoms with van der Waals surface area (Å²) in [7, 11) is -7.84. The fourth-order valence-corrected chi connectivity index (χ4v) is 7.15. The van der Waals surface area contributed by atoms with E-state index in [0.717, 1.165) is 23.8 Å². The molecular formula is C34H28O12S3. The summed E-state index contributed by atoms with van der Waals surface area (Å²) in [5.74, 6) is 0.694. The molecule has 0 saturated heterocycles. The van der Waals surface area contributed by atoms with Crippen molar-refractivity contribution in [2.75, 3.05) is 7.11 Å². The number of rotatable bonds is 14. The molecule has 5 rings (SSSR count). The van der Waals surface area contributed by atoms with Crippen molar-refractivity contribution in [2.45, 2.75) is 33.1 Å². The number of methoxy groups -OCH3 is 1. The fraction of sp³-hybridized carbons (Fsp3) is 0.0882. The largest absolute Gasteiger partial charge is 0.497 e. The van der Waals surface area contributed by atoms with Gasteiger partial charge in [0.2, 0.25) is 9.84 Å². The van der Waals surface area contributed by atoms with Gasteiger partial charge in [-0.3, -0.25) is 9.35 Å². The predicted octanol–water partition coefficient (Wildman–Crippen LogP) is 7.11. The van der Waals surface area contributed by atoms with Crippen LogP contribution in [-0.2, 0) is 35.9 Å². The van der Waals surface area contributed by atoms with Crippen molar-refractivity contribution in [1.29, 1.82) is 0 Å². The number of hydrogen-bond donors (Lipinski definition) is 2. The normalized spacial score (nSPS) is 11.6. The van der Waals surface area contributed by atoms with Gasteiger partial charge >= 0.3 is 0 Å². The maximum absolute atomic E-state index is 13.7. The van der Waals surface area contributed by atoms with Crippen molar-refractivity contribution >= 4 is 37.8 Å². The molecule has 5 aromatic rings. The Kier molecular flexibility index (Phi) is 11.0. The van der Waals surface area contributed by atoms with Gasteiger partial charge < -0.3 is 14.2 Å². The van der Waals surface area contributed by atoms with Crippen LogP contribution in [0.4, 0.5) is 0 Å². The Hall–Kier alpha value is -4.74. The minimum Gasteiger partial charge on any atom is -0.497 e. The van der Waals surface area contributed by atoms with Crippen LogP contribution < -0.4 is 14.2 Å². The lowest BCUT2D eigenvalue weighted by Crippen LogP contribution is -2.07. The van der Waals surface area contributed by atoms with E-state index >= 15 is 0 Å². The molecule has 0 aromatic heterocycles. The van der Waals surface area contributed by atoms with Gasteiger partial charge in [0.15, 0.2) is 5.78 Å². The Morgan fingerprint density at radius 1 is 0.735 bits per heavy atom. The molecule has 0 heterocycles. The van der Waals surface area contributed by atoms with E-state index in [9.17, 15) is 26.2 Å². The highest BCUT2D eigenvalue weighted by Crippen LogP contribution is 2.35. The molecule has 0 aliphatic rings. The Balaban J connectivity index is 1.37. The van der Waals surface area contributed by atoms with Crippen molar-refractivity contribution in [1.82, 2.24) is 0 Å². The van der Waals surface area contributed by atoms with E-state index < -0.39 is 29.7 Å². The van der Waals surface area contributed by atoms with E-state index in [1.54, 1.807) is 48.5 Å². The van der Waals surface area contributed by atoms with Crippen molar-refractivity contribution < 1.29 is 55.0 Å². The molecule has 0 saturated carbocycles. The number of benzene rings is 5. The van der Waals surface area contributed by atoms with Crippen LogP contribution in [0.15, 0.2) is 129 Å². The lowest BCUT2D eigenvalue weighted by atomic mass is 10.0. The molecule has 5 aromatic carbocycles. The van der Waals surface area contributed by atoms with E-state index in [0.29, 0.717) is 40.2 Å². The number of hydrogen-bond acceptors (Lipinski definition) is 12. The molecule has 0 aliphatic carbocycles. The van der Waals surface area contributed by atoms with Crippen molar-refractivity contribution in [3.05, 3.63) is 131 Å². The Morgan fingerprint density at radius 3 is 1.92 bits per heavy atom. The standard InChI is InChI=1S/C34H28O12S3/c1-22-3-5-23(6-4-22)34(35)24-7-10-27(11-8-24)43-21-25-9-16-29(19-32(25)47-46-45-36)48(37,38)30-17-18-31(33(20-30)49(39,40)41)44-28-14-12-26(42-2)13-15-28/h3-20,36H,21H2,1-2H3,(H,39,40,41). The quantitative estimate of drug-likeness (QED) is 0.0390. The molecule has 49 heavy (non-hydrogen) atoms. The zero-order valence-corrected chi connectivity index (χ0v) is 28.3. The number of carbonyl (C=O) groups is 1. The van der Waals surface area contributed by atoms with Crippen molar-refractivity contribution in [2.24, 2.45) is 0 Å². The van der Waals surface area contributed by atoms with Crippen molar-refractivity contribution in [3.63, 3.8) is 0 Å². The first-order valence-corrected chi connectivity index (χ1v) is 17.9. The monoisotopic (exact) mass is 724 g/mol. The van der Waals surface area contributed by atoms with E-state index in [4.69, 9.17) is 19.5 Å². The van der Waals surface area contributed by atoms with Gasteiger partial charge in [-0.15, -0.1) is 4.33 Å². The van der Waals surface area contributed by atoms with Crippen LogP contribution in [0.5, 0.6) is 23.0 Å². The Labute approximate surface area is 286 Å². The third-order valence-corrected chi connectivity index (χ3v) is 10.4. The molecule has 2 N–H and O–H groups in total. The number of carbonyl (C=O) groups excluding carboxylic acids is 1. The van der Waals surface area contributed by atoms with Crippen LogP contribution in [0.1, 0.15) is 27.0 Å². The summed E-state index contributed by atoms with van der Waals surface area (Å²) in [6, 6.07) is 26.8. The van der Waals surface area contributed by atoms with Crippen LogP contribution in [-0.4, -0.2) is 39.5 Å². The van der Waals surface area contributed by atoms with E-state index in [1.165, 1.54) is 37.4 Å². The summed E-state index contributed by atoms with van der Waals surface area (Å²) in [5, 5.41) is 12.5. The summed E-state index contributed by atoms with van der Waals surface area (Å²) in [4.78, 5) is 11.5. The Bertz CT molecular complexity index is 2170. The summed E-state index contributed by atoms with van der Waals surface area (Å²) in [5.41, 5.74) is 2.49. The van der Waals surface area contributed by atoms with Crippen LogP contribution in [0.25, 0.3) is 0 Å². The smallest absolute Gasteiger partial charge is 0.298 e. The molecule has 0 radical (unpaired) electrons. The van der Waals surface area contributed by atoms with Crippen LogP contribution >= 0.6 is 12.0 Å². The average molecular weight is 725 g/mol. The molecule has 0 aliphatic heterocycles. The molecule has 0 fully saturated rings. The molecule has 12 nitrogen and oxygen atoms in total. The van der Waals surface area contributed by atoms with Gasteiger partial charge in [0.25, 0.3) is 10.1 Å². The number of sulfone groups is 1. The Morgan fingerprint density at radius 2 is 1.31 bits per heavy atom. The van der Waals surface area contributed by atoms with Gasteiger partial charge in [0.1, 0.15) is 34.5 Å². The van der Waals surface area contributed by atoms with Gasteiger partial charge in [-0.1, -0.05) is 40.9 Å². The molecule has 0 bridgehead atoms. The van der Waals surface area contributed by atoms with Gasteiger partial charge in [-0.2, -0.15) is 8.42 Å². The third kappa shape index (κ3) is 8.65. The second-order valence-corrected chi connectivity index (χ2v) is 14.5. The van der Waals surface area contributed by atoms with Crippen LogP contribution in [0.3, 0.4) is 0 Å². The minimum atomic E-state index is -4.93.